The van der Waals surface area contributed by atoms with E-state index in [0.717, 1.165) is 24.2 Å². The monoisotopic (exact) mass is 362 g/mol. The van der Waals surface area contributed by atoms with Crippen LogP contribution in [0.15, 0.2) is 17.2 Å². The molecular formula is C18H22N2O4S. The summed E-state index contributed by atoms with van der Waals surface area (Å²) in [5.74, 6) is -0.529. The van der Waals surface area contributed by atoms with Crippen LogP contribution in [0, 0.1) is 13.8 Å². The van der Waals surface area contributed by atoms with Crippen LogP contribution in [0.4, 0.5) is 0 Å². The van der Waals surface area contributed by atoms with Gasteiger partial charge in [-0.2, -0.15) is 0 Å². The van der Waals surface area contributed by atoms with Gasteiger partial charge in [-0.05, 0) is 39.7 Å². The molecule has 2 aliphatic rings. The van der Waals surface area contributed by atoms with Crippen molar-refractivity contribution < 1.29 is 19.1 Å². The molecule has 0 unspecified atom stereocenters. The predicted molar refractivity (Wildman–Crippen MR) is 95.4 cm³/mol. The zero-order valence-corrected chi connectivity index (χ0v) is 15.5. The summed E-state index contributed by atoms with van der Waals surface area (Å²) >= 11 is 1.26. The zero-order chi connectivity index (χ0) is 18.1. The van der Waals surface area contributed by atoms with Crippen LogP contribution in [0.1, 0.15) is 47.6 Å². The Morgan fingerprint density at radius 1 is 1.36 bits per heavy atom. The van der Waals surface area contributed by atoms with Crippen molar-refractivity contribution in [3.8, 4) is 0 Å². The summed E-state index contributed by atoms with van der Waals surface area (Å²) in [5, 5.41) is 0.479. The SMILES string of the molecule is CCOC(=O)/C=C1\SCC(=O)N1CC(=O)c1cc(C)n(C2CC2)c1C. The van der Waals surface area contributed by atoms with Crippen LogP contribution in [-0.2, 0) is 14.3 Å². The Labute approximate surface area is 151 Å². The van der Waals surface area contributed by atoms with Gasteiger partial charge in [0.2, 0.25) is 5.91 Å². The molecule has 3 rings (SSSR count). The Balaban J connectivity index is 1.78. The normalized spacial score (nSPS) is 18.9. The molecule has 0 radical (unpaired) electrons. The van der Waals surface area contributed by atoms with Gasteiger partial charge < -0.3 is 9.30 Å². The molecule has 1 aliphatic carbocycles. The van der Waals surface area contributed by atoms with Gasteiger partial charge >= 0.3 is 5.97 Å². The van der Waals surface area contributed by atoms with Gasteiger partial charge in [0.15, 0.2) is 5.78 Å². The van der Waals surface area contributed by atoms with Gasteiger partial charge in [0, 0.05) is 23.0 Å². The van der Waals surface area contributed by atoms with E-state index in [2.05, 4.69) is 4.57 Å². The molecule has 1 aromatic rings. The quantitative estimate of drug-likeness (QED) is 0.442. The van der Waals surface area contributed by atoms with Gasteiger partial charge in [-0.25, -0.2) is 4.79 Å². The molecular weight excluding hydrogens is 340 g/mol. The number of carbonyl (C=O) groups is 3. The third kappa shape index (κ3) is 3.66. The van der Waals surface area contributed by atoms with Gasteiger partial charge in [0.1, 0.15) is 0 Å². The number of rotatable bonds is 6. The number of thioether (sulfide) groups is 1. The highest BCUT2D eigenvalue weighted by Crippen LogP contribution is 2.38. The number of esters is 1. The Kier molecular flexibility index (Phi) is 5.03. The summed E-state index contributed by atoms with van der Waals surface area (Å²) in [5.41, 5.74) is 2.69. The number of aryl methyl sites for hydroxylation is 1. The minimum Gasteiger partial charge on any atom is -0.463 e. The van der Waals surface area contributed by atoms with E-state index in [9.17, 15) is 14.4 Å². The topological polar surface area (TPSA) is 68.6 Å². The Bertz CT molecular complexity index is 761. The number of ketones is 1. The molecule has 0 aromatic carbocycles. The van der Waals surface area contributed by atoms with Gasteiger partial charge in [-0.3, -0.25) is 14.5 Å². The van der Waals surface area contributed by atoms with Gasteiger partial charge in [-0.1, -0.05) is 11.8 Å². The number of ether oxygens (including phenoxy) is 1. The second-order valence-electron chi connectivity index (χ2n) is 6.31. The molecule has 0 N–H and O–H groups in total. The Morgan fingerprint density at radius 2 is 2.08 bits per heavy atom. The summed E-state index contributed by atoms with van der Waals surface area (Å²) in [7, 11) is 0. The molecule has 1 saturated carbocycles. The Hall–Kier alpha value is -2.02. The molecule has 6 nitrogen and oxygen atoms in total. The van der Waals surface area contributed by atoms with Crippen molar-refractivity contribution in [1.29, 1.82) is 0 Å². The molecule has 2 heterocycles. The maximum atomic E-state index is 12.8. The molecule has 2 fully saturated rings. The van der Waals surface area contributed by atoms with Crippen molar-refractivity contribution in [3.63, 3.8) is 0 Å². The molecule has 25 heavy (non-hydrogen) atoms. The lowest BCUT2D eigenvalue weighted by molar-refractivity contribution is -0.137. The Morgan fingerprint density at radius 3 is 2.72 bits per heavy atom. The van der Waals surface area contributed by atoms with Crippen LogP contribution in [0.3, 0.4) is 0 Å². The molecule has 1 aromatic heterocycles. The minimum atomic E-state index is -0.496. The average Bonchev–Trinajstić information content (AvgIpc) is 3.27. The van der Waals surface area contributed by atoms with Gasteiger partial charge in [-0.15, -0.1) is 0 Å². The fraction of sp³-hybridized carbons (Fsp3) is 0.500. The van der Waals surface area contributed by atoms with Crippen LogP contribution in [-0.4, -0.2) is 46.0 Å². The van der Waals surface area contributed by atoms with Gasteiger partial charge in [0.05, 0.1) is 30.0 Å². The first kappa shape index (κ1) is 17.8. The highest BCUT2D eigenvalue weighted by atomic mass is 32.2. The summed E-state index contributed by atoms with van der Waals surface area (Å²) in [6, 6.07) is 2.41. The van der Waals surface area contributed by atoms with Crippen molar-refractivity contribution in [2.45, 2.75) is 39.7 Å². The number of nitrogens with zero attached hydrogens (tertiary/aromatic N) is 2. The largest absolute Gasteiger partial charge is 0.463 e. The number of amides is 1. The van der Waals surface area contributed by atoms with Crippen LogP contribution >= 0.6 is 11.8 Å². The van der Waals surface area contributed by atoms with Crippen molar-refractivity contribution in [2.24, 2.45) is 0 Å². The van der Waals surface area contributed by atoms with Crippen LogP contribution in [0.5, 0.6) is 0 Å². The number of hydrogen-bond donors (Lipinski definition) is 0. The van der Waals surface area contributed by atoms with Crippen molar-refractivity contribution in [1.82, 2.24) is 9.47 Å². The average molecular weight is 362 g/mol. The highest BCUT2D eigenvalue weighted by Gasteiger charge is 2.32. The maximum absolute atomic E-state index is 12.8. The predicted octanol–water partition coefficient (Wildman–Crippen LogP) is 2.60. The number of hydrogen-bond acceptors (Lipinski definition) is 5. The van der Waals surface area contributed by atoms with E-state index in [0.29, 0.717) is 16.6 Å². The zero-order valence-electron chi connectivity index (χ0n) is 14.7. The molecule has 1 saturated heterocycles. The molecule has 7 heteroatoms. The lowest BCUT2D eigenvalue weighted by Crippen LogP contribution is -2.31. The third-order valence-electron chi connectivity index (χ3n) is 4.44. The van der Waals surface area contributed by atoms with E-state index in [1.54, 1.807) is 6.92 Å². The van der Waals surface area contributed by atoms with E-state index in [4.69, 9.17) is 4.74 Å². The van der Waals surface area contributed by atoms with Crippen LogP contribution in [0.2, 0.25) is 0 Å². The molecule has 0 spiro atoms. The summed E-state index contributed by atoms with van der Waals surface area (Å²) < 4.78 is 7.11. The summed E-state index contributed by atoms with van der Waals surface area (Å²) in [6.07, 6.45) is 3.59. The molecule has 1 aliphatic heterocycles. The molecule has 0 bridgehead atoms. The first-order valence-electron chi connectivity index (χ1n) is 8.45. The number of carbonyl (C=O) groups excluding carboxylic acids is 3. The van der Waals surface area contributed by atoms with Crippen LogP contribution in [0.25, 0.3) is 0 Å². The fourth-order valence-corrected chi connectivity index (χ4v) is 4.10. The third-order valence-corrected chi connectivity index (χ3v) is 5.46. The minimum absolute atomic E-state index is 0.0496. The van der Waals surface area contributed by atoms with Crippen molar-refractivity contribution in [2.75, 3.05) is 18.9 Å². The second-order valence-corrected chi connectivity index (χ2v) is 7.31. The maximum Gasteiger partial charge on any atom is 0.333 e. The lowest BCUT2D eigenvalue weighted by Gasteiger charge is -2.16. The molecule has 134 valence electrons. The first-order chi connectivity index (χ1) is 11.9. The van der Waals surface area contributed by atoms with E-state index in [1.807, 2.05) is 19.9 Å². The van der Waals surface area contributed by atoms with E-state index in [1.165, 1.54) is 22.7 Å². The lowest BCUT2D eigenvalue weighted by atomic mass is 10.1. The van der Waals surface area contributed by atoms with E-state index < -0.39 is 5.97 Å². The number of aromatic nitrogens is 1. The second kappa shape index (κ2) is 7.07. The van der Waals surface area contributed by atoms with Gasteiger partial charge in [0.25, 0.3) is 0 Å². The summed E-state index contributed by atoms with van der Waals surface area (Å²) in [6.45, 7) is 5.90. The highest BCUT2D eigenvalue weighted by molar-refractivity contribution is 8.04. The molecule has 0 atom stereocenters. The van der Waals surface area contributed by atoms with E-state index >= 15 is 0 Å². The summed E-state index contributed by atoms with van der Waals surface area (Å²) in [4.78, 5) is 37.9. The van der Waals surface area contributed by atoms with E-state index in [-0.39, 0.29) is 30.6 Å². The fourth-order valence-electron chi connectivity index (χ4n) is 3.17. The van der Waals surface area contributed by atoms with Crippen LogP contribution < -0.4 is 0 Å². The first-order valence-corrected chi connectivity index (χ1v) is 9.44. The number of Topliss-reactive ketones (excluding diaryl/α,β-unsaturated/α-hetero) is 1. The smallest absolute Gasteiger partial charge is 0.333 e. The van der Waals surface area contributed by atoms with Crippen molar-refractivity contribution >= 4 is 29.4 Å². The molecule has 1 amide bonds. The standard InChI is InChI=1S/C18H22N2O4S/c1-4-24-18(23)8-17-19(16(22)10-25-17)9-15(21)14-7-11(2)20(12(14)3)13-5-6-13/h7-8,13H,4-6,9-10H2,1-3H3/b17-8-. The van der Waals surface area contributed by atoms with Crippen molar-refractivity contribution in [3.05, 3.63) is 34.1 Å².